The van der Waals surface area contributed by atoms with E-state index in [0.717, 1.165) is 39.4 Å². The molecule has 0 unspecified atom stereocenters. The fourth-order valence-electron chi connectivity index (χ4n) is 2.44. The maximum absolute atomic E-state index is 5.97. The van der Waals surface area contributed by atoms with Crippen LogP contribution in [0.3, 0.4) is 0 Å². The summed E-state index contributed by atoms with van der Waals surface area (Å²) in [6, 6.07) is 5.99. The predicted molar refractivity (Wildman–Crippen MR) is 83.7 cm³/mol. The van der Waals surface area contributed by atoms with E-state index in [9.17, 15) is 0 Å². The minimum Gasteiger partial charge on any atom is -0.496 e. The Kier molecular flexibility index (Phi) is 4.81. The van der Waals surface area contributed by atoms with Crippen LogP contribution in [-0.4, -0.2) is 12.1 Å². The van der Waals surface area contributed by atoms with Crippen molar-refractivity contribution in [2.45, 2.75) is 33.9 Å². The first-order chi connectivity index (χ1) is 10.1. The van der Waals surface area contributed by atoms with Gasteiger partial charge in [0.15, 0.2) is 0 Å². The SMILES string of the molecule is COc1c(C)cnc(COc2c(C)cccc2CN)c1C. The van der Waals surface area contributed by atoms with Crippen LogP contribution in [-0.2, 0) is 13.2 Å². The van der Waals surface area contributed by atoms with Crippen LogP contribution in [0.4, 0.5) is 0 Å². The number of aryl methyl sites for hydroxylation is 2. The van der Waals surface area contributed by atoms with Crippen molar-refractivity contribution in [1.82, 2.24) is 4.98 Å². The normalized spacial score (nSPS) is 10.5. The number of ether oxygens (including phenoxy) is 2. The fraction of sp³-hybridized carbons (Fsp3) is 0.353. The van der Waals surface area contributed by atoms with Gasteiger partial charge >= 0.3 is 0 Å². The van der Waals surface area contributed by atoms with Crippen molar-refractivity contribution < 1.29 is 9.47 Å². The average molecular weight is 286 g/mol. The molecular formula is C17H22N2O2. The van der Waals surface area contributed by atoms with Crippen molar-refractivity contribution in [2.24, 2.45) is 5.73 Å². The fourth-order valence-corrected chi connectivity index (χ4v) is 2.44. The molecule has 0 saturated carbocycles. The third-order valence-electron chi connectivity index (χ3n) is 3.62. The minimum atomic E-state index is 0.403. The van der Waals surface area contributed by atoms with Gasteiger partial charge in [-0.25, -0.2) is 0 Å². The monoisotopic (exact) mass is 286 g/mol. The Morgan fingerprint density at radius 1 is 1.10 bits per heavy atom. The topological polar surface area (TPSA) is 57.4 Å². The molecule has 0 fully saturated rings. The third kappa shape index (κ3) is 3.16. The van der Waals surface area contributed by atoms with E-state index < -0.39 is 0 Å². The van der Waals surface area contributed by atoms with Gasteiger partial charge in [0.1, 0.15) is 18.1 Å². The van der Waals surface area contributed by atoms with Crippen molar-refractivity contribution in [3.05, 3.63) is 52.3 Å². The summed E-state index contributed by atoms with van der Waals surface area (Å²) in [5.41, 5.74) is 10.8. The molecule has 0 atom stereocenters. The van der Waals surface area contributed by atoms with Gasteiger partial charge < -0.3 is 15.2 Å². The smallest absolute Gasteiger partial charge is 0.131 e. The maximum atomic E-state index is 5.97. The first-order valence-electron chi connectivity index (χ1n) is 6.99. The summed E-state index contributed by atoms with van der Waals surface area (Å²) >= 11 is 0. The molecule has 0 saturated heterocycles. The Labute approximate surface area is 125 Å². The highest BCUT2D eigenvalue weighted by Crippen LogP contribution is 2.27. The summed E-state index contributed by atoms with van der Waals surface area (Å²) in [5.74, 6) is 1.72. The second-order valence-corrected chi connectivity index (χ2v) is 5.10. The lowest BCUT2D eigenvalue weighted by Crippen LogP contribution is -2.07. The molecule has 0 aliphatic carbocycles. The van der Waals surface area contributed by atoms with Gasteiger partial charge in [-0.1, -0.05) is 18.2 Å². The summed E-state index contributed by atoms with van der Waals surface area (Å²) in [4.78, 5) is 4.45. The maximum Gasteiger partial charge on any atom is 0.131 e. The van der Waals surface area contributed by atoms with Crippen molar-refractivity contribution in [2.75, 3.05) is 7.11 Å². The average Bonchev–Trinajstić information content (AvgIpc) is 2.48. The second-order valence-electron chi connectivity index (χ2n) is 5.10. The van der Waals surface area contributed by atoms with E-state index in [0.29, 0.717) is 13.2 Å². The summed E-state index contributed by atoms with van der Waals surface area (Å²) < 4.78 is 11.4. The first kappa shape index (κ1) is 15.3. The number of hydrogen-bond donors (Lipinski definition) is 1. The van der Waals surface area contributed by atoms with Crippen LogP contribution in [0.15, 0.2) is 24.4 Å². The Morgan fingerprint density at radius 2 is 1.86 bits per heavy atom. The molecule has 2 N–H and O–H groups in total. The number of aromatic nitrogens is 1. The van der Waals surface area contributed by atoms with Crippen LogP contribution in [0, 0.1) is 20.8 Å². The summed E-state index contributed by atoms with van der Waals surface area (Å²) in [7, 11) is 1.67. The largest absolute Gasteiger partial charge is 0.496 e. The van der Waals surface area contributed by atoms with Crippen molar-refractivity contribution >= 4 is 0 Å². The van der Waals surface area contributed by atoms with Crippen LogP contribution in [0.25, 0.3) is 0 Å². The zero-order valence-corrected chi connectivity index (χ0v) is 13.1. The summed E-state index contributed by atoms with van der Waals surface area (Å²) in [6.45, 7) is 6.86. The number of nitrogens with two attached hydrogens (primary N) is 1. The van der Waals surface area contributed by atoms with Gasteiger partial charge in [0.05, 0.1) is 12.8 Å². The van der Waals surface area contributed by atoms with Gasteiger partial charge in [0.2, 0.25) is 0 Å². The van der Waals surface area contributed by atoms with Crippen LogP contribution in [0.5, 0.6) is 11.5 Å². The van der Waals surface area contributed by atoms with Gasteiger partial charge in [-0.05, 0) is 26.3 Å². The molecule has 0 radical (unpaired) electrons. The zero-order chi connectivity index (χ0) is 15.4. The number of pyridine rings is 1. The van der Waals surface area contributed by atoms with Gasteiger partial charge in [-0.3, -0.25) is 4.98 Å². The molecule has 1 aromatic heterocycles. The molecule has 0 spiro atoms. The molecular weight excluding hydrogens is 264 g/mol. The molecule has 4 heteroatoms. The number of para-hydroxylation sites is 1. The van der Waals surface area contributed by atoms with Crippen LogP contribution in [0.1, 0.15) is 27.9 Å². The predicted octanol–water partition coefficient (Wildman–Crippen LogP) is 3.05. The zero-order valence-electron chi connectivity index (χ0n) is 13.1. The highest BCUT2D eigenvalue weighted by Gasteiger charge is 2.12. The quantitative estimate of drug-likeness (QED) is 0.917. The van der Waals surface area contributed by atoms with Crippen molar-refractivity contribution in [1.29, 1.82) is 0 Å². The lowest BCUT2D eigenvalue weighted by atomic mass is 10.1. The highest BCUT2D eigenvalue weighted by molar-refractivity contribution is 5.43. The van der Waals surface area contributed by atoms with E-state index in [1.165, 1.54) is 0 Å². The van der Waals surface area contributed by atoms with E-state index in [-0.39, 0.29) is 0 Å². The molecule has 0 amide bonds. The Hall–Kier alpha value is -2.07. The molecule has 1 aromatic carbocycles. The lowest BCUT2D eigenvalue weighted by molar-refractivity contribution is 0.293. The standard InChI is InChI=1S/C17H22N2O2/c1-11-6-5-7-14(8-18)17(11)21-10-15-13(3)16(20-4)12(2)9-19-15/h5-7,9H,8,10,18H2,1-4H3. The number of rotatable bonds is 5. The highest BCUT2D eigenvalue weighted by atomic mass is 16.5. The van der Waals surface area contributed by atoms with Gasteiger partial charge in [-0.2, -0.15) is 0 Å². The van der Waals surface area contributed by atoms with E-state index in [1.807, 2.05) is 45.2 Å². The second kappa shape index (κ2) is 6.59. The number of nitrogens with zero attached hydrogens (tertiary/aromatic N) is 1. The first-order valence-corrected chi connectivity index (χ1v) is 6.99. The number of benzene rings is 1. The van der Waals surface area contributed by atoms with Gasteiger partial charge in [0, 0.05) is 29.4 Å². The van der Waals surface area contributed by atoms with E-state index in [4.69, 9.17) is 15.2 Å². The number of hydrogen-bond acceptors (Lipinski definition) is 4. The van der Waals surface area contributed by atoms with Crippen molar-refractivity contribution in [3.63, 3.8) is 0 Å². The Morgan fingerprint density at radius 3 is 2.52 bits per heavy atom. The molecule has 0 aliphatic heterocycles. The molecule has 2 aromatic rings. The molecule has 4 nitrogen and oxygen atoms in total. The lowest BCUT2D eigenvalue weighted by Gasteiger charge is -2.15. The Balaban J connectivity index is 2.25. The van der Waals surface area contributed by atoms with Crippen molar-refractivity contribution in [3.8, 4) is 11.5 Å². The molecule has 2 rings (SSSR count). The van der Waals surface area contributed by atoms with E-state index >= 15 is 0 Å². The molecule has 1 heterocycles. The summed E-state index contributed by atoms with van der Waals surface area (Å²) in [5, 5.41) is 0. The Bertz CT molecular complexity index is 639. The molecule has 21 heavy (non-hydrogen) atoms. The molecule has 0 aliphatic rings. The van der Waals surface area contributed by atoms with Crippen LogP contribution in [0.2, 0.25) is 0 Å². The minimum absolute atomic E-state index is 0.403. The van der Waals surface area contributed by atoms with Crippen LogP contribution < -0.4 is 15.2 Å². The van der Waals surface area contributed by atoms with E-state index in [2.05, 4.69) is 4.98 Å². The van der Waals surface area contributed by atoms with E-state index in [1.54, 1.807) is 7.11 Å². The van der Waals surface area contributed by atoms with Gasteiger partial charge in [-0.15, -0.1) is 0 Å². The number of methoxy groups -OCH3 is 1. The van der Waals surface area contributed by atoms with Crippen LogP contribution >= 0.6 is 0 Å². The molecule has 0 bridgehead atoms. The summed E-state index contributed by atoms with van der Waals surface area (Å²) in [6.07, 6.45) is 1.81. The molecule has 112 valence electrons. The third-order valence-corrected chi connectivity index (χ3v) is 3.62. The van der Waals surface area contributed by atoms with Gasteiger partial charge in [0.25, 0.3) is 0 Å².